The topological polar surface area (TPSA) is 0 Å². The number of rotatable bonds is 12. The van der Waals surface area contributed by atoms with Gasteiger partial charge in [-0.3, -0.25) is 0 Å². The molecule has 29 heavy (non-hydrogen) atoms. The molecule has 0 heterocycles. The van der Waals surface area contributed by atoms with Gasteiger partial charge in [0.25, 0.3) is 0 Å². The van der Waals surface area contributed by atoms with Gasteiger partial charge in [0.2, 0.25) is 0 Å². The summed E-state index contributed by atoms with van der Waals surface area (Å²) in [4.78, 5) is 0. The first kappa shape index (κ1) is 23.3. The van der Waals surface area contributed by atoms with E-state index < -0.39 is 0 Å². The quantitative estimate of drug-likeness (QED) is 0.304. The molecule has 0 bridgehead atoms. The number of hydrogen-bond acceptors (Lipinski definition) is 0. The van der Waals surface area contributed by atoms with Crippen molar-refractivity contribution in [2.24, 2.45) is 0 Å². The van der Waals surface area contributed by atoms with Crippen LogP contribution in [-0.2, 0) is 5.41 Å². The van der Waals surface area contributed by atoms with Crippen molar-refractivity contribution in [1.82, 2.24) is 0 Å². The molecular weight excluding hydrogens is 338 g/mol. The van der Waals surface area contributed by atoms with Crippen LogP contribution < -0.4 is 8.47 Å². The maximum absolute atomic E-state index is 2.52. The minimum atomic E-state index is 0.237. The van der Waals surface area contributed by atoms with Crippen molar-refractivity contribution in [2.75, 3.05) is 0 Å². The molecule has 146 valence electrons. The van der Waals surface area contributed by atoms with Crippen LogP contribution in [0.25, 0.3) is 11.1 Å². The van der Waals surface area contributed by atoms with Crippen molar-refractivity contribution >= 4 is 43.9 Å². The van der Waals surface area contributed by atoms with E-state index in [2.05, 4.69) is 85.7 Å². The molecule has 1 aliphatic rings. The molecule has 0 nitrogen and oxygen atoms in total. The van der Waals surface area contributed by atoms with E-state index in [0.717, 1.165) is 0 Å². The van der Waals surface area contributed by atoms with Crippen LogP contribution >= 0.6 is 0 Å². The first-order valence-electron chi connectivity index (χ1n) is 12.3. The molecule has 0 aliphatic heterocycles. The van der Waals surface area contributed by atoms with Crippen molar-refractivity contribution in [3.8, 4) is 11.1 Å². The fraction of sp³-hybridized carbons (Fsp3) is 0.556. The molecule has 0 atom stereocenters. The Labute approximate surface area is 198 Å². The van der Waals surface area contributed by atoms with Gasteiger partial charge < -0.3 is 0 Å². The van der Waals surface area contributed by atoms with Crippen LogP contribution in [0.5, 0.6) is 0 Å². The van der Waals surface area contributed by atoms with Crippen LogP contribution in [0, 0.1) is 0 Å². The molecule has 0 saturated carbocycles. The third-order valence-corrected chi connectivity index (χ3v) is 7.09. The molecule has 0 spiro atoms. The van der Waals surface area contributed by atoms with Gasteiger partial charge in [0.05, 0.1) is 0 Å². The zero-order valence-electron chi connectivity index (χ0n) is 19.4. The fourth-order valence-electron chi connectivity index (χ4n) is 5.45. The molecule has 0 unspecified atom stereocenters. The van der Waals surface area contributed by atoms with Gasteiger partial charge in [0, 0.05) is 0 Å². The molecule has 0 N–H and O–H groups in total. The Morgan fingerprint density at radius 1 is 0.586 bits per heavy atom. The van der Waals surface area contributed by atoms with Gasteiger partial charge in [-0.1, -0.05) is 0 Å². The fourth-order valence-corrected chi connectivity index (χ4v) is 5.45. The molecular formula is C27H36Li2. The summed E-state index contributed by atoms with van der Waals surface area (Å²) < 4.78 is 2.82. The minimum absolute atomic E-state index is 0.237. The van der Waals surface area contributed by atoms with Crippen LogP contribution in [0.15, 0.2) is 36.4 Å². The summed E-state index contributed by atoms with van der Waals surface area (Å²) in [6.07, 6.45) is 16.3. The predicted molar refractivity (Wildman–Crippen MR) is 130 cm³/mol. The zero-order chi connectivity index (χ0) is 20.7. The number of unbranched alkanes of at least 4 members (excludes halogenated alkanes) is 8. The van der Waals surface area contributed by atoms with Gasteiger partial charge in [-0.25, -0.2) is 0 Å². The van der Waals surface area contributed by atoms with Gasteiger partial charge in [0.1, 0.15) is 0 Å². The first-order chi connectivity index (χ1) is 14.1. The van der Waals surface area contributed by atoms with Crippen molar-refractivity contribution in [1.29, 1.82) is 0 Å². The van der Waals surface area contributed by atoms with Crippen LogP contribution in [0.3, 0.4) is 0 Å². The molecule has 3 rings (SSSR count). The van der Waals surface area contributed by atoms with E-state index in [1.54, 1.807) is 11.1 Å². The second-order valence-electron chi connectivity index (χ2n) is 9.51. The molecule has 0 aromatic heterocycles. The van der Waals surface area contributed by atoms with Crippen LogP contribution in [0.4, 0.5) is 0 Å². The second kappa shape index (κ2) is 11.3. The molecule has 2 aromatic carbocycles. The molecule has 2 aromatic rings. The van der Waals surface area contributed by atoms with Gasteiger partial charge in [-0.05, 0) is 0 Å². The number of fused-ring (bicyclic) bond motifs is 3. The summed E-state index contributed by atoms with van der Waals surface area (Å²) in [5.74, 6) is 0. The van der Waals surface area contributed by atoms with Crippen LogP contribution in [-0.4, -0.2) is 35.4 Å². The Balaban J connectivity index is 1.93. The third-order valence-electron chi connectivity index (χ3n) is 7.09. The van der Waals surface area contributed by atoms with E-state index in [9.17, 15) is 0 Å². The van der Waals surface area contributed by atoms with Gasteiger partial charge in [-0.15, -0.1) is 0 Å². The molecule has 0 saturated heterocycles. The summed E-state index contributed by atoms with van der Waals surface area (Å²) in [7, 11) is 0. The average molecular weight is 374 g/mol. The summed E-state index contributed by atoms with van der Waals surface area (Å²) in [6, 6.07) is 14.4. The second-order valence-corrected chi connectivity index (χ2v) is 9.51. The van der Waals surface area contributed by atoms with E-state index in [4.69, 9.17) is 0 Å². The van der Waals surface area contributed by atoms with Crippen molar-refractivity contribution < 1.29 is 0 Å². The standard InChI is InChI=1S/C27H36.2Li/c1-3-5-7-9-15-21-27(22-16-10-8-6-4-2)25-19-13-11-17-23(25)24-18-12-14-20-26(24)27;;/h11-12,17-20H,3-10,15-16,21-22H2,1-2H3;;. The number of hydrogen-bond donors (Lipinski definition) is 0. The SMILES string of the molecule is [Li][c]1ccc2c(c1)C(CCCCCCC)(CCCCCCC)c1c[c]([Li])ccc1-2. The van der Waals surface area contributed by atoms with Crippen molar-refractivity contribution in [3.63, 3.8) is 0 Å². The predicted octanol–water partition coefficient (Wildman–Crippen LogP) is 6.26. The van der Waals surface area contributed by atoms with Crippen LogP contribution in [0.2, 0.25) is 0 Å². The Hall–Kier alpha value is -0.365. The Morgan fingerprint density at radius 3 is 1.41 bits per heavy atom. The Bertz CT molecular complexity index is 726. The van der Waals surface area contributed by atoms with Crippen LogP contribution in [0.1, 0.15) is 102 Å². The molecule has 0 amide bonds. The van der Waals surface area contributed by atoms with E-state index in [0.29, 0.717) is 0 Å². The van der Waals surface area contributed by atoms with E-state index in [1.165, 1.54) is 96.6 Å². The van der Waals surface area contributed by atoms with E-state index >= 15 is 0 Å². The van der Waals surface area contributed by atoms with Gasteiger partial charge in [-0.2, -0.15) is 0 Å². The van der Waals surface area contributed by atoms with E-state index in [-0.39, 0.29) is 5.41 Å². The summed E-state index contributed by atoms with van der Waals surface area (Å²) in [5, 5.41) is 0. The summed E-state index contributed by atoms with van der Waals surface area (Å²) >= 11 is 4.53. The van der Waals surface area contributed by atoms with E-state index in [1.807, 2.05) is 0 Å². The Kier molecular flexibility index (Phi) is 9.09. The van der Waals surface area contributed by atoms with Gasteiger partial charge >= 0.3 is 199 Å². The van der Waals surface area contributed by atoms with Crippen molar-refractivity contribution in [3.05, 3.63) is 47.5 Å². The monoisotopic (exact) mass is 374 g/mol. The third kappa shape index (κ3) is 5.47. The first-order valence-corrected chi connectivity index (χ1v) is 12.3. The molecule has 2 heteroatoms. The average Bonchev–Trinajstić information content (AvgIpc) is 2.96. The summed E-state index contributed by atoms with van der Waals surface area (Å²) in [6.45, 7) is 4.62. The molecule has 0 radical (unpaired) electrons. The zero-order valence-corrected chi connectivity index (χ0v) is 19.4. The number of benzene rings is 2. The van der Waals surface area contributed by atoms with Gasteiger partial charge in [0.15, 0.2) is 0 Å². The molecule has 1 aliphatic carbocycles. The Morgan fingerprint density at radius 2 is 1.00 bits per heavy atom. The maximum atomic E-state index is 2.52. The van der Waals surface area contributed by atoms with Crippen molar-refractivity contribution in [2.45, 2.75) is 96.3 Å². The molecule has 0 fully saturated rings. The normalized spacial score (nSPS) is 14.1. The summed E-state index contributed by atoms with van der Waals surface area (Å²) in [5.41, 5.74) is 6.51.